The average molecular weight is 431 g/mol. The van der Waals surface area contributed by atoms with Crippen molar-refractivity contribution in [2.24, 2.45) is 0 Å². The third-order valence-electron chi connectivity index (χ3n) is 5.84. The lowest BCUT2D eigenvalue weighted by Crippen LogP contribution is -2.49. The number of carbonyl (C=O) groups excluding carboxylic acids is 1. The quantitative estimate of drug-likeness (QED) is 0.688. The number of anilines is 1. The van der Waals surface area contributed by atoms with Gasteiger partial charge < -0.3 is 19.5 Å². The van der Waals surface area contributed by atoms with Gasteiger partial charge in [0.15, 0.2) is 5.58 Å². The standard InChI is InChI=1S/C21H26N6O2.ClH/c1-15-4-5-19-18(13-15)23-21(29-19)26-11-9-25(10-12-26)20(28)17-6-8-27(24-17)16-3-2-7-22-14-16;/h4-6,8,13,16,22H,2-3,7,9-12,14H2,1H3;1H. The summed E-state index contributed by atoms with van der Waals surface area (Å²) >= 11 is 0. The van der Waals surface area contributed by atoms with Crippen LogP contribution in [0.5, 0.6) is 0 Å². The molecule has 0 spiro atoms. The van der Waals surface area contributed by atoms with Crippen LogP contribution in [0.3, 0.4) is 0 Å². The number of carbonyl (C=O) groups is 1. The van der Waals surface area contributed by atoms with E-state index in [-0.39, 0.29) is 18.3 Å². The van der Waals surface area contributed by atoms with Crippen LogP contribution in [0, 0.1) is 6.92 Å². The Labute approximate surface area is 181 Å². The Balaban J connectivity index is 0.00000218. The lowest BCUT2D eigenvalue weighted by atomic mass is 10.1. The molecule has 3 aromatic rings. The molecule has 1 unspecified atom stereocenters. The molecule has 0 aliphatic carbocycles. The summed E-state index contributed by atoms with van der Waals surface area (Å²) < 4.78 is 7.84. The first-order valence-corrected chi connectivity index (χ1v) is 10.3. The zero-order chi connectivity index (χ0) is 19.8. The third kappa shape index (κ3) is 4.02. The number of hydrogen-bond acceptors (Lipinski definition) is 6. The Hall–Kier alpha value is -2.58. The van der Waals surface area contributed by atoms with Crippen LogP contribution in [-0.2, 0) is 0 Å². The highest BCUT2D eigenvalue weighted by Gasteiger charge is 2.26. The van der Waals surface area contributed by atoms with Crippen molar-refractivity contribution < 1.29 is 9.21 Å². The van der Waals surface area contributed by atoms with E-state index in [1.165, 1.54) is 0 Å². The monoisotopic (exact) mass is 430 g/mol. The van der Waals surface area contributed by atoms with Crippen LogP contribution in [0.4, 0.5) is 6.01 Å². The molecule has 5 rings (SSSR count). The summed E-state index contributed by atoms with van der Waals surface area (Å²) in [4.78, 5) is 21.5. The van der Waals surface area contributed by atoms with Crippen molar-refractivity contribution >= 4 is 35.4 Å². The molecule has 2 fully saturated rings. The van der Waals surface area contributed by atoms with E-state index >= 15 is 0 Å². The van der Waals surface area contributed by atoms with Gasteiger partial charge in [-0.2, -0.15) is 10.1 Å². The van der Waals surface area contributed by atoms with E-state index in [1.54, 1.807) is 0 Å². The number of piperazine rings is 1. The lowest BCUT2D eigenvalue weighted by molar-refractivity contribution is 0.0737. The van der Waals surface area contributed by atoms with Gasteiger partial charge in [-0.3, -0.25) is 9.48 Å². The fraction of sp³-hybridized carbons (Fsp3) is 0.476. The molecule has 2 aromatic heterocycles. The van der Waals surface area contributed by atoms with Crippen LogP contribution in [0.2, 0.25) is 0 Å². The fourth-order valence-electron chi connectivity index (χ4n) is 4.14. The smallest absolute Gasteiger partial charge is 0.298 e. The molecule has 4 heterocycles. The molecule has 8 nitrogen and oxygen atoms in total. The molecule has 1 amide bonds. The number of halogens is 1. The minimum atomic E-state index is 0. The summed E-state index contributed by atoms with van der Waals surface area (Å²) in [6, 6.07) is 8.82. The molecule has 160 valence electrons. The molecule has 1 N–H and O–H groups in total. The third-order valence-corrected chi connectivity index (χ3v) is 5.84. The number of nitrogens with zero attached hydrogens (tertiary/aromatic N) is 5. The van der Waals surface area contributed by atoms with E-state index in [0.29, 0.717) is 43.9 Å². The van der Waals surface area contributed by atoms with E-state index in [2.05, 4.69) is 20.3 Å². The van der Waals surface area contributed by atoms with Gasteiger partial charge >= 0.3 is 0 Å². The van der Waals surface area contributed by atoms with Gasteiger partial charge in [-0.15, -0.1) is 12.4 Å². The second-order valence-corrected chi connectivity index (χ2v) is 7.93. The average Bonchev–Trinajstić information content (AvgIpc) is 3.41. The van der Waals surface area contributed by atoms with Crippen molar-refractivity contribution in [2.45, 2.75) is 25.8 Å². The van der Waals surface area contributed by atoms with Gasteiger partial charge in [0.2, 0.25) is 0 Å². The van der Waals surface area contributed by atoms with E-state index < -0.39 is 0 Å². The second-order valence-electron chi connectivity index (χ2n) is 7.93. The highest BCUT2D eigenvalue weighted by atomic mass is 35.5. The molecule has 9 heteroatoms. The Kier molecular flexibility index (Phi) is 5.97. The van der Waals surface area contributed by atoms with Crippen molar-refractivity contribution in [2.75, 3.05) is 44.2 Å². The van der Waals surface area contributed by atoms with E-state index in [0.717, 1.165) is 42.6 Å². The van der Waals surface area contributed by atoms with Crippen LogP contribution in [0.25, 0.3) is 11.1 Å². The van der Waals surface area contributed by atoms with Crippen molar-refractivity contribution in [3.05, 3.63) is 41.7 Å². The largest absolute Gasteiger partial charge is 0.423 e. The first-order chi connectivity index (χ1) is 14.2. The zero-order valence-corrected chi connectivity index (χ0v) is 17.9. The maximum absolute atomic E-state index is 12.9. The molecular formula is C21H27ClN6O2. The highest BCUT2D eigenvalue weighted by molar-refractivity contribution is 5.92. The highest BCUT2D eigenvalue weighted by Crippen LogP contribution is 2.24. The van der Waals surface area contributed by atoms with Crippen molar-refractivity contribution in [1.29, 1.82) is 0 Å². The number of benzene rings is 1. The first-order valence-electron chi connectivity index (χ1n) is 10.3. The van der Waals surface area contributed by atoms with Crippen molar-refractivity contribution in [1.82, 2.24) is 25.0 Å². The molecule has 30 heavy (non-hydrogen) atoms. The number of piperidine rings is 1. The molecule has 0 radical (unpaired) electrons. The van der Waals surface area contributed by atoms with Crippen LogP contribution in [-0.4, -0.2) is 64.8 Å². The van der Waals surface area contributed by atoms with Gasteiger partial charge in [0.1, 0.15) is 11.2 Å². The number of aromatic nitrogens is 3. The molecule has 2 saturated heterocycles. The van der Waals surface area contributed by atoms with Crippen molar-refractivity contribution in [3.63, 3.8) is 0 Å². The van der Waals surface area contributed by atoms with Gasteiger partial charge in [0, 0.05) is 38.9 Å². The van der Waals surface area contributed by atoms with Gasteiger partial charge in [-0.1, -0.05) is 6.07 Å². The normalized spacial score (nSPS) is 19.7. The van der Waals surface area contributed by atoms with E-state index in [4.69, 9.17) is 4.42 Å². The Morgan fingerprint density at radius 2 is 2.03 bits per heavy atom. The van der Waals surface area contributed by atoms with Crippen LogP contribution in [0.1, 0.15) is 34.9 Å². The van der Waals surface area contributed by atoms with E-state index in [9.17, 15) is 4.79 Å². The maximum atomic E-state index is 12.9. The minimum absolute atomic E-state index is 0. The summed E-state index contributed by atoms with van der Waals surface area (Å²) in [6.45, 7) is 6.69. The summed E-state index contributed by atoms with van der Waals surface area (Å²) in [5.74, 6) is 0.000332. The van der Waals surface area contributed by atoms with Gasteiger partial charge in [-0.05, 0) is 50.1 Å². The topological polar surface area (TPSA) is 79.4 Å². The van der Waals surface area contributed by atoms with Crippen molar-refractivity contribution in [3.8, 4) is 0 Å². The SMILES string of the molecule is Cc1ccc2oc(N3CCN(C(=O)c4ccn(C5CCCNC5)n4)CC3)nc2c1.Cl. The summed E-state index contributed by atoms with van der Waals surface area (Å²) in [5, 5.41) is 7.96. The zero-order valence-electron chi connectivity index (χ0n) is 17.1. The number of oxazole rings is 1. The number of hydrogen-bond donors (Lipinski definition) is 1. The van der Waals surface area contributed by atoms with Gasteiger partial charge in [0.25, 0.3) is 11.9 Å². The Bertz CT molecular complexity index is 1020. The van der Waals surface area contributed by atoms with Crippen LogP contribution < -0.4 is 10.2 Å². The Morgan fingerprint density at radius 1 is 1.20 bits per heavy atom. The fourth-order valence-corrected chi connectivity index (χ4v) is 4.14. The number of nitrogens with one attached hydrogen (secondary N) is 1. The predicted octanol–water partition coefficient (Wildman–Crippen LogP) is 2.64. The summed E-state index contributed by atoms with van der Waals surface area (Å²) in [5.41, 5.74) is 3.37. The molecule has 1 aromatic carbocycles. The number of amides is 1. The summed E-state index contributed by atoms with van der Waals surface area (Å²) in [7, 11) is 0. The minimum Gasteiger partial charge on any atom is -0.423 e. The van der Waals surface area contributed by atoms with Crippen LogP contribution >= 0.6 is 12.4 Å². The molecule has 1 atom stereocenters. The van der Waals surface area contributed by atoms with Gasteiger partial charge in [0.05, 0.1) is 6.04 Å². The number of aryl methyl sites for hydroxylation is 1. The molecule has 0 bridgehead atoms. The first kappa shape index (κ1) is 20.7. The number of fused-ring (bicyclic) bond motifs is 1. The molecular weight excluding hydrogens is 404 g/mol. The predicted molar refractivity (Wildman–Crippen MR) is 117 cm³/mol. The Morgan fingerprint density at radius 3 is 2.80 bits per heavy atom. The van der Waals surface area contributed by atoms with Crippen LogP contribution in [0.15, 0.2) is 34.9 Å². The maximum Gasteiger partial charge on any atom is 0.298 e. The van der Waals surface area contributed by atoms with Gasteiger partial charge in [-0.25, -0.2) is 0 Å². The number of rotatable bonds is 3. The summed E-state index contributed by atoms with van der Waals surface area (Å²) in [6.07, 6.45) is 4.18. The molecule has 2 aliphatic heterocycles. The van der Waals surface area contributed by atoms with E-state index in [1.807, 2.05) is 47.0 Å². The lowest BCUT2D eigenvalue weighted by Gasteiger charge is -2.33. The second kappa shape index (κ2) is 8.65. The molecule has 0 saturated carbocycles. The molecule has 2 aliphatic rings.